The summed E-state index contributed by atoms with van der Waals surface area (Å²) in [6, 6.07) is 16.7. The van der Waals surface area contributed by atoms with E-state index in [4.69, 9.17) is 9.47 Å². The molecule has 112 valence electrons. The van der Waals surface area contributed by atoms with Gasteiger partial charge in [0.15, 0.2) is 11.5 Å². The molecule has 0 heterocycles. The fraction of sp³-hybridized carbons (Fsp3) is 0.333. The van der Waals surface area contributed by atoms with Crippen LogP contribution in [-0.4, -0.2) is 13.7 Å². The maximum atomic E-state index is 5.55. The van der Waals surface area contributed by atoms with Gasteiger partial charge in [-0.15, -0.1) is 0 Å². The zero-order valence-electron chi connectivity index (χ0n) is 12.9. The number of benzene rings is 2. The second-order valence-electron chi connectivity index (χ2n) is 4.81. The molecule has 0 radical (unpaired) electrons. The number of hydrogen-bond donors (Lipinski definition) is 1. The van der Waals surface area contributed by atoms with Crippen molar-refractivity contribution in [3.8, 4) is 11.5 Å². The molecule has 0 bridgehead atoms. The van der Waals surface area contributed by atoms with Crippen molar-refractivity contribution in [2.24, 2.45) is 0 Å². The van der Waals surface area contributed by atoms with Crippen LogP contribution < -0.4 is 14.8 Å². The Hall–Kier alpha value is -2.16. The van der Waals surface area contributed by atoms with Gasteiger partial charge in [-0.1, -0.05) is 37.3 Å². The monoisotopic (exact) mass is 285 g/mol. The summed E-state index contributed by atoms with van der Waals surface area (Å²) < 4.78 is 10.9. The van der Waals surface area contributed by atoms with E-state index in [1.165, 1.54) is 5.56 Å². The topological polar surface area (TPSA) is 30.5 Å². The molecule has 0 aliphatic carbocycles. The lowest BCUT2D eigenvalue weighted by molar-refractivity contribution is 0.311. The molecular formula is C18H23NO2. The van der Waals surface area contributed by atoms with E-state index < -0.39 is 0 Å². The second kappa shape index (κ2) is 7.58. The molecule has 1 N–H and O–H groups in total. The van der Waals surface area contributed by atoms with Gasteiger partial charge in [-0.05, 0) is 31.0 Å². The van der Waals surface area contributed by atoms with Crippen LogP contribution in [-0.2, 0) is 0 Å². The third-order valence-electron chi connectivity index (χ3n) is 3.41. The van der Waals surface area contributed by atoms with Gasteiger partial charge in [0, 0.05) is 11.8 Å². The fourth-order valence-electron chi connectivity index (χ4n) is 2.34. The first kappa shape index (κ1) is 15.2. The molecule has 0 amide bonds. The summed E-state index contributed by atoms with van der Waals surface area (Å²) in [5.74, 6) is 1.53. The summed E-state index contributed by atoms with van der Waals surface area (Å²) in [5, 5.41) is 3.55. The molecule has 2 aromatic rings. The van der Waals surface area contributed by atoms with E-state index in [0.717, 1.165) is 23.6 Å². The van der Waals surface area contributed by atoms with Crippen LogP contribution in [0.3, 0.4) is 0 Å². The Morgan fingerprint density at radius 1 is 1.00 bits per heavy atom. The lowest BCUT2D eigenvalue weighted by Crippen LogP contribution is -2.09. The molecular weight excluding hydrogens is 262 g/mol. The maximum absolute atomic E-state index is 5.55. The average Bonchev–Trinajstić information content (AvgIpc) is 2.54. The van der Waals surface area contributed by atoms with E-state index in [0.29, 0.717) is 6.61 Å². The van der Waals surface area contributed by atoms with Crippen molar-refractivity contribution >= 4 is 5.69 Å². The Labute approximate surface area is 126 Å². The van der Waals surface area contributed by atoms with Crippen LogP contribution in [0.15, 0.2) is 48.5 Å². The molecule has 21 heavy (non-hydrogen) atoms. The highest BCUT2D eigenvalue weighted by molar-refractivity contribution is 5.55. The van der Waals surface area contributed by atoms with Gasteiger partial charge in [-0.25, -0.2) is 0 Å². The molecule has 0 fully saturated rings. The molecule has 0 aliphatic heterocycles. The van der Waals surface area contributed by atoms with Crippen molar-refractivity contribution in [1.29, 1.82) is 0 Å². The summed E-state index contributed by atoms with van der Waals surface area (Å²) in [6.45, 7) is 4.77. The Kier molecular flexibility index (Phi) is 5.50. The largest absolute Gasteiger partial charge is 0.493 e. The summed E-state index contributed by atoms with van der Waals surface area (Å²) in [5.41, 5.74) is 2.32. The molecule has 1 unspecified atom stereocenters. The minimum atomic E-state index is 0.286. The molecule has 2 aromatic carbocycles. The van der Waals surface area contributed by atoms with Gasteiger partial charge in [0.2, 0.25) is 0 Å². The van der Waals surface area contributed by atoms with E-state index in [2.05, 4.69) is 36.5 Å². The minimum Gasteiger partial charge on any atom is -0.493 e. The van der Waals surface area contributed by atoms with Gasteiger partial charge >= 0.3 is 0 Å². The Morgan fingerprint density at radius 3 is 2.38 bits per heavy atom. The molecule has 3 heteroatoms. The molecule has 1 atom stereocenters. The van der Waals surface area contributed by atoms with E-state index in [1.807, 2.05) is 31.2 Å². The Balaban J connectivity index is 2.18. The first-order valence-electron chi connectivity index (χ1n) is 7.40. The standard InChI is InChI=1S/C18H23NO2/c1-4-16(14-9-7-6-8-10-14)19-15-11-12-17(21-5-2)18(13-15)20-3/h6-13,16,19H,4-5H2,1-3H3. The van der Waals surface area contributed by atoms with E-state index >= 15 is 0 Å². The highest BCUT2D eigenvalue weighted by Gasteiger charge is 2.11. The van der Waals surface area contributed by atoms with Gasteiger partial charge in [0.25, 0.3) is 0 Å². The van der Waals surface area contributed by atoms with Gasteiger partial charge in [0.1, 0.15) is 0 Å². The second-order valence-corrected chi connectivity index (χ2v) is 4.81. The number of nitrogens with one attached hydrogen (secondary N) is 1. The third kappa shape index (κ3) is 3.91. The molecule has 0 saturated carbocycles. The lowest BCUT2D eigenvalue weighted by Gasteiger charge is -2.20. The van der Waals surface area contributed by atoms with E-state index in [9.17, 15) is 0 Å². The number of rotatable bonds is 7. The van der Waals surface area contributed by atoms with Crippen molar-refractivity contribution in [2.45, 2.75) is 26.3 Å². The van der Waals surface area contributed by atoms with Crippen LogP contribution in [0, 0.1) is 0 Å². The zero-order valence-corrected chi connectivity index (χ0v) is 12.9. The van der Waals surface area contributed by atoms with Crippen LogP contribution >= 0.6 is 0 Å². The third-order valence-corrected chi connectivity index (χ3v) is 3.41. The predicted octanol–water partition coefficient (Wildman–Crippen LogP) is 4.66. The first-order chi connectivity index (χ1) is 10.3. The summed E-state index contributed by atoms with van der Waals surface area (Å²) in [6.07, 6.45) is 1.01. The zero-order chi connectivity index (χ0) is 15.1. The van der Waals surface area contributed by atoms with Crippen LogP contribution in [0.4, 0.5) is 5.69 Å². The smallest absolute Gasteiger partial charge is 0.162 e. The highest BCUT2D eigenvalue weighted by atomic mass is 16.5. The molecule has 2 rings (SSSR count). The van der Waals surface area contributed by atoms with Gasteiger partial charge < -0.3 is 14.8 Å². The van der Waals surface area contributed by atoms with Crippen LogP contribution in [0.2, 0.25) is 0 Å². The molecule has 0 aliphatic rings. The van der Waals surface area contributed by atoms with Crippen LogP contribution in [0.25, 0.3) is 0 Å². The number of hydrogen-bond acceptors (Lipinski definition) is 3. The van der Waals surface area contributed by atoms with Gasteiger partial charge in [-0.2, -0.15) is 0 Å². The quantitative estimate of drug-likeness (QED) is 0.802. The number of methoxy groups -OCH3 is 1. The minimum absolute atomic E-state index is 0.286. The van der Waals surface area contributed by atoms with Crippen LogP contribution in [0.5, 0.6) is 11.5 Å². The van der Waals surface area contributed by atoms with Gasteiger partial charge in [0.05, 0.1) is 19.8 Å². The van der Waals surface area contributed by atoms with Crippen molar-refractivity contribution in [2.75, 3.05) is 19.0 Å². The fourth-order valence-corrected chi connectivity index (χ4v) is 2.34. The van der Waals surface area contributed by atoms with Gasteiger partial charge in [-0.3, -0.25) is 0 Å². The molecule has 0 spiro atoms. The average molecular weight is 285 g/mol. The maximum Gasteiger partial charge on any atom is 0.162 e. The normalized spacial score (nSPS) is 11.8. The van der Waals surface area contributed by atoms with E-state index in [1.54, 1.807) is 7.11 Å². The highest BCUT2D eigenvalue weighted by Crippen LogP contribution is 2.32. The Bertz CT molecular complexity index is 554. The summed E-state index contributed by atoms with van der Waals surface area (Å²) in [4.78, 5) is 0. The predicted molar refractivity (Wildman–Crippen MR) is 87.3 cm³/mol. The SMILES string of the molecule is CCOc1ccc(NC(CC)c2ccccc2)cc1OC. The Morgan fingerprint density at radius 2 is 1.76 bits per heavy atom. The number of ether oxygens (including phenoxy) is 2. The first-order valence-corrected chi connectivity index (χ1v) is 7.40. The lowest BCUT2D eigenvalue weighted by atomic mass is 10.0. The summed E-state index contributed by atoms with van der Waals surface area (Å²) in [7, 11) is 1.66. The molecule has 3 nitrogen and oxygen atoms in total. The summed E-state index contributed by atoms with van der Waals surface area (Å²) >= 11 is 0. The van der Waals surface area contributed by atoms with Crippen molar-refractivity contribution in [3.63, 3.8) is 0 Å². The molecule has 0 saturated heterocycles. The molecule has 0 aromatic heterocycles. The van der Waals surface area contributed by atoms with Crippen LogP contribution in [0.1, 0.15) is 31.9 Å². The van der Waals surface area contributed by atoms with E-state index in [-0.39, 0.29) is 6.04 Å². The van der Waals surface area contributed by atoms with Crippen molar-refractivity contribution in [3.05, 3.63) is 54.1 Å². The van der Waals surface area contributed by atoms with Crippen molar-refractivity contribution < 1.29 is 9.47 Å². The number of anilines is 1. The van der Waals surface area contributed by atoms with Crippen molar-refractivity contribution in [1.82, 2.24) is 0 Å².